The molecule has 0 bridgehead atoms. The Labute approximate surface area is 562 Å². The van der Waals surface area contributed by atoms with Crippen molar-refractivity contribution in [2.24, 2.45) is 17.8 Å². The molecule has 2 heterocycles. The smallest absolute Gasteiger partial charge is 0.248 e. The van der Waals surface area contributed by atoms with Crippen molar-refractivity contribution < 1.29 is 62.6 Å². The van der Waals surface area contributed by atoms with Crippen LogP contribution in [-0.2, 0) is 70.3 Å². The molecule has 524 valence electrons. The average Bonchev–Trinajstić information content (AvgIpc) is 0.842. The lowest BCUT2D eigenvalue weighted by Crippen LogP contribution is -2.62. The molecule has 11 atom stereocenters. The molecule has 0 saturated carbocycles. The summed E-state index contributed by atoms with van der Waals surface area (Å²) in [6.07, 6.45) is 1.47. The number of nitrogens with one attached hydrogen (secondary N) is 3. The minimum atomic E-state index is -1.65. The first-order valence-electron chi connectivity index (χ1n) is 33.0. The monoisotopic (exact) mass is 1330 g/mol. The number of carbonyl (C=O) groups excluding carboxylic acids is 11. The maximum Gasteiger partial charge on any atom is 0.248 e. The highest BCUT2D eigenvalue weighted by Crippen LogP contribution is 2.24. The van der Waals surface area contributed by atoms with Gasteiger partial charge in [-0.1, -0.05) is 109 Å². The second-order valence-corrected chi connectivity index (χ2v) is 28.4. The SMILES string of the molecule is CC[C@H](C)[C@H]1C(=O)NC(C(=O)N2CCCCC2)CSCC(=O)N(C)[C@@H](Cc2ccccc2)C(=O)N(C)[C@@H](C)C(=O)N(C)[C@@H](Cc2ccccc2)C(=O)N(C)[C@@H](CC(C)C)C(=O)N[C@@H]([C@@H](C)O)C(=O)N(C)CC(=O)N(C)[C@@H](CC(C)C)C(=O)N[C@@H](COC(C)(C)C)C(=O)N1C. The zero-order valence-electron chi connectivity index (χ0n) is 59.0. The number of carbonyl (C=O) groups is 11. The largest absolute Gasteiger partial charge is 0.391 e. The summed E-state index contributed by atoms with van der Waals surface area (Å²) in [6, 6.07) is 6.41. The summed E-state index contributed by atoms with van der Waals surface area (Å²) in [5.74, 6) is -8.47. The van der Waals surface area contributed by atoms with Gasteiger partial charge in [0.25, 0.3) is 0 Å². The third-order valence-corrected chi connectivity index (χ3v) is 18.9. The van der Waals surface area contributed by atoms with Crippen LogP contribution in [0.2, 0.25) is 0 Å². The lowest BCUT2D eigenvalue weighted by molar-refractivity contribution is -0.153. The van der Waals surface area contributed by atoms with Crippen molar-refractivity contribution in [2.75, 3.05) is 87.1 Å². The first kappa shape index (κ1) is 79.3. The Hall–Kier alpha value is -7.12. The molecular weight excluding hydrogens is 1220 g/mol. The van der Waals surface area contributed by atoms with E-state index in [1.807, 2.05) is 52.8 Å². The molecule has 0 radical (unpaired) electrons. The van der Waals surface area contributed by atoms with E-state index in [4.69, 9.17) is 4.74 Å². The van der Waals surface area contributed by atoms with E-state index < -0.39 is 138 Å². The molecule has 0 aromatic heterocycles. The minimum absolute atomic E-state index is 0.0199. The number of hydrogen-bond donors (Lipinski definition) is 4. The molecule has 1 unspecified atom stereocenters. The van der Waals surface area contributed by atoms with E-state index >= 15 is 19.2 Å². The molecule has 2 aromatic rings. The van der Waals surface area contributed by atoms with Crippen LogP contribution in [0, 0.1) is 17.8 Å². The molecule has 0 spiro atoms. The molecule has 2 saturated heterocycles. The van der Waals surface area contributed by atoms with Crippen LogP contribution in [0.3, 0.4) is 0 Å². The van der Waals surface area contributed by atoms with Crippen LogP contribution in [0.15, 0.2) is 60.7 Å². The zero-order chi connectivity index (χ0) is 70.6. The fourth-order valence-corrected chi connectivity index (χ4v) is 12.6. The fourth-order valence-electron chi connectivity index (χ4n) is 11.6. The van der Waals surface area contributed by atoms with Gasteiger partial charge in [0.1, 0.15) is 54.4 Å². The highest BCUT2D eigenvalue weighted by atomic mass is 32.2. The van der Waals surface area contributed by atoms with Crippen LogP contribution in [0.5, 0.6) is 0 Å². The summed E-state index contributed by atoms with van der Waals surface area (Å²) >= 11 is 1.08. The maximum atomic E-state index is 15.2. The van der Waals surface area contributed by atoms with Crippen LogP contribution >= 0.6 is 11.8 Å². The Morgan fingerprint density at radius 2 is 1.06 bits per heavy atom. The maximum absolute atomic E-state index is 15.2. The van der Waals surface area contributed by atoms with Crippen molar-refractivity contribution in [3.63, 3.8) is 0 Å². The highest BCUT2D eigenvalue weighted by Gasteiger charge is 2.43. The van der Waals surface area contributed by atoms with E-state index in [1.54, 1.807) is 75.1 Å². The molecule has 24 nitrogen and oxygen atoms in total. The molecule has 94 heavy (non-hydrogen) atoms. The van der Waals surface area contributed by atoms with Gasteiger partial charge in [0.05, 0.1) is 30.6 Å². The number of hydrogen-bond acceptors (Lipinski definition) is 14. The van der Waals surface area contributed by atoms with Gasteiger partial charge < -0.3 is 65.0 Å². The Bertz CT molecular complexity index is 2890. The summed E-state index contributed by atoms with van der Waals surface area (Å²) in [6.45, 7) is 19.1. The number of nitrogens with zero attached hydrogens (tertiary/aromatic N) is 8. The second-order valence-electron chi connectivity index (χ2n) is 27.4. The predicted molar refractivity (Wildman–Crippen MR) is 362 cm³/mol. The Morgan fingerprint density at radius 3 is 1.56 bits per heavy atom. The summed E-state index contributed by atoms with van der Waals surface area (Å²) in [5, 5.41) is 19.7. The van der Waals surface area contributed by atoms with Crippen molar-refractivity contribution >= 4 is 76.7 Å². The van der Waals surface area contributed by atoms with E-state index in [0.717, 1.165) is 35.9 Å². The Kier molecular flexibility index (Phi) is 31.0. The van der Waals surface area contributed by atoms with Gasteiger partial charge in [-0.3, -0.25) is 52.7 Å². The van der Waals surface area contributed by atoms with Gasteiger partial charge in [0.15, 0.2) is 0 Å². The lowest BCUT2D eigenvalue weighted by Gasteiger charge is -2.38. The van der Waals surface area contributed by atoms with Gasteiger partial charge in [0.2, 0.25) is 65.0 Å². The number of aliphatic hydroxyl groups is 1. The zero-order valence-corrected chi connectivity index (χ0v) is 59.8. The fraction of sp³-hybridized carbons (Fsp3) is 0.667. The summed E-state index contributed by atoms with van der Waals surface area (Å²) in [5.41, 5.74) is 0.571. The van der Waals surface area contributed by atoms with Gasteiger partial charge in [-0.05, 0) is 95.6 Å². The molecule has 0 aliphatic carbocycles. The second kappa shape index (κ2) is 36.7. The highest BCUT2D eigenvalue weighted by molar-refractivity contribution is 8.00. The number of likely N-dealkylation sites (N-methyl/N-ethyl adjacent to an activating group) is 7. The van der Waals surface area contributed by atoms with E-state index in [0.29, 0.717) is 30.6 Å². The third kappa shape index (κ3) is 22.5. The number of ether oxygens (including phenoxy) is 1. The number of likely N-dealkylation sites (tertiary alicyclic amines) is 1. The van der Waals surface area contributed by atoms with Gasteiger partial charge in [-0.2, -0.15) is 0 Å². The molecule has 11 amide bonds. The van der Waals surface area contributed by atoms with E-state index in [2.05, 4.69) is 16.0 Å². The minimum Gasteiger partial charge on any atom is -0.391 e. The lowest BCUT2D eigenvalue weighted by atomic mass is 9.95. The van der Waals surface area contributed by atoms with Gasteiger partial charge in [-0.15, -0.1) is 11.8 Å². The molecule has 2 aliphatic heterocycles. The summed E-state index contributed by atoms with van der Waals surface area (Å²) in [7, 11) is 9.93. The summed E-state index contributed by atoms with van der Waals surface area (Å²) < 4.78 is 6.15. The molecule has 4 rings (SSSR count). The van der Waals surface area contributed by atoms with Crippen molar-refractivity contribution in [2.45, 2.75) is 194 Å². The average molecular weight is 1330 g/mol. The first-order chi connectivity index (χ1) is 44.0. The van der Waals surface area contributed by atoms with Gasteiger partial charge in [-0.25, -0.2) is 0 Å². The third-order valence-electron chi connectivity index (χ3n) is 17.8. The number of benzene rings is 2. The standard InChI is InChI=1S/C69H109N11O13S/c1-19-45(6)59-62(86)71-51(65(89)80-33-27-22-28-34-80)41-94-42-57(83)76(15)54(37-48-29-23-20-24-30-48)66(90)74(13)46(7)63(87)78(17)55(38-49-31-25-21-26-32-49)67(91)77(16)53(36-44(4)5)61(85)72-58(47(8)81)68(92)73(12)39-56(82)75(14)52(35-43(2)3)60(84)70-50(64(88)79(59)18)40-93-69(9,10)11/h20-21,23-26,29-32,43-47,50-55,58-59,81H,19,22,27-28,33-42H2,1-18H3,(H,70,84)(H,71,86)(H,72,85)/t45-,46-,47+,50-,51?,52-,53-,54-,55-,58-,59-/m0/s1. The number of piperidine rings is 1. The topological polar surface area (TPSA) is 279 Å². The van der Waals surface area contributed by atoms with Crippen molar-refractivity contribution in [1.82, 2.24) is 55.1 Å². The number of rotatable bonds is 14. The van der Waals surface area contributed by atoms with E-state index in [-0.39, 0.29) is 61.5 Å². The Morgan fingerprint density at radius 1 is 0.585 bits per heavy atom. The van der Waals surface area contributed by atoms with Crippen LogP contribution < -0.4 is 16.0 Å². The number of aliphatic hydroxyl groups excluding tert-OH is 1. The molecule has 2 aliphatic rings. The Balaban J connectivity index is 1.92. The number of amides is 11. The summed E-state index contributed by atoms with van der Waals surface area (Å²) in [4.78, 5) is 173. The van der Waals surface area contributed by atoms with E-state index in [1.165, 1.54) is 92.6 Å². The van der Waals surface area contributed by atoms with Gasteiger partial charge >= 0.3 is 0 Å². The number of thioether (sulfide) groups is 1. The van der Waals surface area contributed by atoms with Crippen molar-refractivity contribution in [3.8, 4) is 0 Å². The van der Waals surface area contributed by atoms with Gasteiger partial charge in [0, 0.05) is 81.0 Å². The van der Waals surface area contributed by atoms with Crippen molar-refractivity contribution in [3.05, 3.63) is 71.8 Å². The molecular formula is C69H109N11O13S. The van der Waals surface area contributed by atoms with Crippen LogP contribution in [0.1, 0.15) is 126 Å². The van der Waals surface area contributed by atoms with Crippen LogP contribution in [0.4, 0.5) is 0 Å². The molecule has 2 aromatic carbocycles. The van der Waals surface area contributed by atoms with Crippen LogP contribution in [0.25, 0.3) is 0 Å². The quantitative estimate of drug-likeness (QED) is 0.211. The van der Waals surface area contributed by atoms with Crippen molar-refractivity contribution in [1.29, 1.82) is 0 Å². The first-order valence-corrected chi connectivity index (χ1v) is 34.2. The van der Waals surface area contributed by atoms with Crippen LogP contribution in [-0.4, -0.2) is 262 Å². The molecule has 4 N–H and O–H groups in total. The van der Waals surface area contributed by atoms with E-state index in [9.17, 15) is 38.7 Å². The normalized spacial score (nSPS) is 25.4. The molecule has 2 fully saturated rings. The molecule has 25 heteroatoms. The predicted octanol–water partition coefficient (Wildman–Crippen LogP) is 3.46.